The molecule has 0 aliphatic heterocycles. The van der Waals surface area contributed by atoms with Crippen LogP contribution in [0.2, 0.25) is 0 Å². The molecule has 0 saturated heterocycles. The molecule has 0 aliphatic rings. The lowest BCUT2D eigenvalue weighted by molar-refractivity contribution is 0.303. The molecule has 0 atom stereocenters. The zero-order chi connectivity index (χ0) is 12.1. The molecule has 0 aliphatic carbocycles. The first-order valence-corrected chi connectivity index (χ1v) is 6.38. The molecule has 0 amide bonds. The highest BCUT2D eigenvalue weighted by atomic mass is 127. The highest BCUT2D eigenvalue weighted by Crippen LogP contribution is 2.26. The van der Waals surface area contributed by atoms with E-state index in [1.165, 1.54) is 0 Å². The minimum absolute atomic E-state index is 0.574. The normalized spacial score (nSPS) is 10.0. The van der Waals surface area contributed by atoms with E-state index in [0.29, 0.717) is 6.61 Å². The third-order valence-corrected chi connectivity index (χ3v) is 3.26. The number of rotatable bonds is 4. The van der Waals surface area contributed by atoms with Crippen molar-refractivity contribution < 1.29 is 9.47 Å². The summed E-state index contributed by atoms with van der Waals surface area (Å²) in [5.74, 6) is 1.67. The first-order valence-electron chi connectivity index (χ1n) is 5.30. The summed E-state index contributed by atoms with van der Waals surface area (Å²) in [4.78, 5) is 0. The Bertz CT molecular complexity index is 483. The number of hydrogen-bond acceptors (Lipinski definition) is 2. The number of hydrogen-bond donors (Lipinski definition) is 0. The van der Waals surface area contributed by atoms with Crippen molar-refractivity contribution in [3.05, 3.63) is 57.7 Å². The summed E-state index contributed by atoms with van der Waals surface area (Å²) in [5, 5.41) is 0. The van der Waals surface area contributed by atoms with Crippen LogP contribution in [0.3, 0.4) is 0 Å². The maximum Gasteiger partial charge on any atom is 0.135 e. The zero-order valence-electron chi connectivity index (χ0n) is 9.52. The summed E-state index contributed by atoms with van der Waals surface area (Å²) in [6, 6.07) is 15.9. The molecule has 17 heavy (non-hydrogen) atoms. The Morgan fingerprint density at radius 3 is 2.53 bits per heavy atom. The van der Waals surface area contributed by atoms with E-state index in [1.54, 1.807) is 7.11 Å². The number of ether oxygens (including phenoxy) is 2. The van der Waals surface area contributed by atoms with E-state index in [4.69, 9.17) is 9.47 Å². The number of benzene rings is 2. The molecule has 0 bridgehead atoms. The quantitative estimate of drug-likeness (QED) is 0.787. The second-order valence-electron chi connectivity index (χ2n) is 3.57. The van der Waals surface area contributed by atoms with Gasteiger partial charge in [0, 0.05) is 6.07 Å². The zero-order valence-corrected chi connectivity index (χ0v) is 11.7. The molecule has 2 aromatic rings. The fourth-order valence-corrected chi connectivity index (χ4v) is 2.03. The Kier molecular flexibility index (Phi) is 4.25. The molecule has 0 aromatic heterocycles. The second kappa shape index (κ2) is 5.91. The van der Waals surface area contributed by atoms with Gasteiger partial charge in [0.2, 0.25) is 0 Å². The van der Waals surface area contributed by atoms with Gasteiger partial charge in [-0.15, -0.1) is 0 Å². The van der Waals surface area contributed by atoms with Crippen molar-refractivity contribution in [2.45, 2.75) is 6.61 Å². The summed E-state index contributed by atoms with van der Waals surface area (Å²) in [7, 11) is 1.67. The first kappa shape index (κ1) is 12.2. The Morgan fingerprint density at radius 2 is 1.82 bits per heavy atom. The van der Waals surface area contributed by atoms with Gasteiger partial charge in [-0.05, 0) is 40.3 Å². The van der Waals surface area contributed by atoms with E-state index in [0.717, 1.165) is 20.6 Å². The standard InChI is InChI=1S/C14H13IO2/c1-16-14-9-12(7-8-13(14)15)17-10-11-5-3-2-4-6-11/h2-9H,10H2,1H3. The van der Waals surface area contributed by atoms with Crippen molar-refractivity contribution in [1.82, 2.24) is 0 Å². The first-order chi connectivity index (χ1) is 8.29. The van der Waals surface area contributed by atoms with Gasteiger partial charge in [-0.25, -0.2) is 0 Å². The molecule has 0 N–H and O–H groups in total. The van der Waals surface area contributed by atoms with Crippen LogP contribution in [0.4, 0.5) is 0 Å². The Morgan fingerprint density at radius 1 is 1.06 bits per heavy atom. The summed E-state index contributed by atoms with van der Waals surface area (Å²) >= 11 is 2.24. The molecular formula is C14H13IO2. The maximum atomic E-state index is 5.71. The predicted octanol–water partition coefficient (Wildman–Crippen LogP) is 3.88. The van der Waals surface area contributed by atoms with E-state index in [1.807, 2.05) is 48.5 Å². The number of halogens is 1. The van der Waals surface area contributed by atoms with Gasteiger partial charge in [0.1, 0.15) is 18.1 Å². The van der Waals surface area contributed by atoms with Gasteiger partial charge in [0.05, 0.1) is 10.7 Å². The average molecular weight is 340 g/mol. The van der Waals surface area contributed by atoms with E-state index >= 15 is 0 Å². The summed E-state index contributed by atoms with van der Waals surface area (Å²) in [5.41, 5.74) is 1.16. The van der Waals surface area contributed by atoms with E-state index < -0.39 is 0 Å². The van der Waals surface area contributed by atoms with Crippen molar-refractivity contribution in [1.29, 1.82) is 0 Å². The maximum absolute atomic E-state index is 5.71. The van der Waals surface area contributed by atoms with Crippen LogP contribution in [0.5, 0.6) is 11.5 Å². The van der Waals surface area contributed by atoms with Crippen LogP contribution in [0.1, 0.15) is 5.56 Å². The lowest BCUT2D eigenvalue weighted by atomic mass is 10.2. The molecule has 0 saturated carbocycles. The molecule has 2 nitrogen and oxygen atoms in total. The van der Waals surface area contributed by atoms with Crippen LogP contribution in [0.25, 0.3) is 0 Å². The van der Waals surface area contributed by atoms with Crippen LogP contribution in [0, 0.1) is 3.57 Å². The summed E-state index contributed by atoms with van der Waals surface area (Å²) < 4.78 is 12.0. The monoisotopic (exact) mass is 340 g/mol. The fourth-order valence-electron chi connectivity index (χ4n) is 1.47. The van der Waals surface area contributed by atoms with Gasteiger partial charge < -0.3 is 9.47 Å². The van der Waals surface area contributed by atoms with Crippen molar-refractivity contribution in [3.63, 3.8) is 0 Å². The molecule has 2 rings (SSSR count). The second-order valence-corrected chi connectivity index (χ2v) is 4.73. The summed E-state index contributed by atoms with van der Waals surface area (Å²) in [6.07, 6.45) is 0. The van der Waals surface area contributed by atoms with Gasteiger partial charge >= 0.3 is 0 Å². The van der Waals surface area contributed by atoms with E-state index in [9.17, 15) is 0 Å². The molecule has 0 fully saturated rings. The number of methoxy groups -OCH3 is 1. The van der Waals surface area contributed by atoms with Gasteiger partial charge in [-0.1, -0.05) is 30.3 Å². The van der Waals surface area contributed by atoms with Crippen molar-refractivity contribution >= 4 is 22.6 Å². The Balaban J connectivity index is 2.04. The largest absolute Gasteiger partial charge is 0.496 e. The van der Waals surface area contributed by atoms with Crippen molar-refractivity contribution in [2.75, 3.05) is 7.11 Å². The van der Waals surface area contributed by atoms with Crippen LogP contribution in [-0.4, -0.2) is 7.11 Å². The molecule has 0 radical (unpaired) electrons. The highest BCUT2D eigenvalue weighted by molar-refractivity contribution is 14.1. The molecule has 0 spiro atoms. The van der Waals surface area contributed by atoms with Crippen LogP contribution < -0.4 is 9.47 Å². The van der Waals surface area contributed by atoms with Gasteiger partial charge in [-0.3, -0.25) is 0 Å². The fraction of sp³-hybridized carbons (Fsp3) is 0.143. The molecule has 2 aromatic carbocycles. The molecule has 0 heterocycles. The summed E-state index contributed by atoms with van der Waals surface area (Å²) in [6.45, 7) is 0.574. The van der Waals surface area contributed by atoms with Crippen molar-refractivity contribution in [2.24, 2.45) is 0 Å². The minimum atomic E-state index is 0.574. The topological polar surface area (TPSA) is 18.5 Å². The van der Waals surface area contributed by atoms with E-state index in [2.05, 4.69) is 22.6 Å². The minimum Gasteiger partial charge on any atom is -0.496 e. The smallest absolute Gasteiger partial charge is 0.135 e. The SMILES string of the molecule is COc1cc(OCc2ccccc2)ccc1I. The predicted molar refractivity (Wildman–Crippen MR) is 76.5 cm³/mol. The van der Waals surface area contributed by atoms with Gasteiger partial charge in [0.15, 0.2) is 0 Å². The van der Waals surface area contributed by atoms with Crippen LogP contribution in [-0.2, 0) is 6.61 Å². The van der Waals surface area contributed by atoms with Crippen LogP contribution >= 0.6 is 22.6 Å². The third kappa shape index (κ3) is 3.36. The van der Waals surface area contributed by atoms with Crippen molar-refractivity contribution in [3.8, 4) is 11.5 Å². The third-order valence-electron chi connectivity index (χ3n) is 2.37. The lowest BCUT2D eigenvalue weighted by Crippen LogP contribution is -1.96. The Labute approximate surface area is 115 Å². The highest BCUT2D eigenvalue weighted by Gasteiger charge is 2.02. The molecule has 0 unspecified atom stereocenters. The van der Waals surface area contributed by atoms with Crippen LogP contribution in [0.15, 0.2) is 48.5 Å². The van der Waals surface area contributed by atoms with E-state index in [-0.39, 0.29) is 0 Å². The molecule has 3 heteroatoms. The molecule has 88 valence electrons. The lowest BCUT2D eigenvalue weighted by Gasteiger charge is -2.09. The average Bonchev–Trinajstić information content (AvgIpc) is 2.39. The Hall–Kier alpha value is -1.23. The van der Waals surface area contributed by atoms with Gasteiger partial charge in [-0.2, -0.15) is 0 Å². The molecular weight excluding hydrogens is 327 g/mol. The van der Waals surface area contributed by atoms with Gasteiger partial charge in [0.25, 0.3) is 0 Å².